The third kappa shape index (κ3) is 5.15. The molecule has 0 bridgehead atoms. The number of nitrogens with two attached hydrogens (primary N) is 1. The Balaban J connectivity index is 1.95. The van der Waals surface area contributed by atoms with Gasteiger partial charge in [0.1, 0.15) is 11.5 Å². The minimum Gasteiger partial charge on any atom is -0.395 e. The Hall–Kier alpha value is -3.40. The zero-order valence-corrected chi connectivity index (χ0v) is 16.5. The normalized spacial score (nSPS) is 13.1. The van der Waals surface area contributed by atoms with Crippen molar-refractivity contribution in [3.8, 4) is 0 Å². The number of halogens is 3. The summed E-state index contributed by atoms with van der Waals surface area (Å²) in [6.45, 7) is 0. The van der Waals surface area contributed by atoms with E-state index in [0.29, 0.717) is 34.2 Å². The van der Waals surface area contributed by atoms with Crippen LogP contribution in [0.5, 0.6) is 0 Å². The molecule has 0 saturated carbocycles. The van der Waals surface area contributed by atoms with Crippen LogP contribution < -0.4 is 11.1 Å². The second kappa shape index (κ2) is 8.15. The van der Waals surface area contributed by atoms with Crippen molar-refractivity contribution >= 4 is 44.1 Å². The van der Waals surface area contributed by atoms with E-state index in [4.69, 9.17) is 5.73 Å². The first-order chi connectivity index (χ1) is 14.0. The van der Waals surface area contributed by atoms with Gasteiger partial charge in [-0.25, -0.2) is 13.4 Å². The molecule has 6 nitrogen and oxygen atoms in total. The van der Waals surface area contributed by atoms with Gasteiger partial charge in [0, 0.05) is 29.6 Å². The third-order valence-corrected chi connectivity index (χ3v) is 5.17. The lowest BCUT2D eigenvalue weighted by Gasteiger charge is -2.09. The van der Waals surface area contributed by atoms with Gasteiger partial charge < -0.3 is 11.1 Å². The summed E-state index contributed by atoms with van der Waals surface area (Å²) in [5.41, 5.74) is 5.28. The van der Waals surface area contributed by atoms with Crippen molar-refractivity contribution in [2.24, 2.45) is 10.7 Å². The van der Waals surface area contributed by atoms with Gasteiger partial charge in [-0.3, -0.25) is 4.99 Å². The Morgan fingerprint density at radius 2 is 1.80 bits per heavy atom. The average molecular weight is 434 g/mol. The van der Waals surface area contributed by atoms with Gasteiger partial charge in [-0.2, -0.15) is 13.2 Å². The van der Waals surface area contributed by atoms with E-state index in [-0.39, 0.29) is 4.90 Å². The summed E-state index contributed by atoms with van der Waals surface area (Å²) >= 11 is 0. The second-order valence-electron chi connectivity index (χ2n) is 6.36. The number of hydrogen-bond acceptors (Lipinski definition) is 6. The fraction of sp³-hybridized carbons (Fsp3) is 0.100. The maximum atomic E-state index is 12.5. The Morgan fingerprint density at radius 3 is 2.43 bits per heavy atom. The predicted octanol–water partition coefficient (Wildman–Crippen LogP) is 4.49. The van der Waals surface area contributed by atoms with Gasteiger partial charge in [-0.15, -0.1) is 0 Å². The van der Waals surface area contributed by atoms with E-state index in [1.54, 1.807) is 42.5 Å². The highest BCUT2D eigenvalue weighted by Crippen LogP contribution is 2.29. The lowest BCUT2D eigenvalue weighted by Crippen LogP contribution is -2.19. The number of aliphatic imine (C=N–C) groups is 1. The maximum absolute atomic E-state index is 12.5. The maximum Gasteiger partial charge on any atom is 0.430 e. The van der Waals surface area contributed by atoms with Gasteiger partial charge in [0.05, 0.1) is 16.1 Å². The third-order valence-electron chi connectivity index (χ3n) is 4.04. The molecule has 0 unspecified atom stereocenters. The number of hydrogen-bond donors (Lipinski definition) is 2. The van der Waals surface area contributed by atoms with Crippen LogP contribution in [0.3, 0.4) is 0 Å². The van der Waals surface area contributed by atoms with Crippen LogP contribution in [0, 0.1) is 0 Å². The molecule has 0 amide bonds. The number of sulfone groups is 1. The summed E-state index contributed by atoms with van der Waals surface area (Å²) in [5.74, 6) is 0.390. The monoisotopic (exact) mass is 434 g/mol. The van der Waals surface area contributed by atoms with E-state index in [0.717, 1.165) is 12.5 Å². The van der Waals surface area contributed by atoms with Crippen LogP contribution in [-0.4, -0.2) is 32.0 Å². The summed E-state index contributed by atoms with van der Waals surface area (Å²) < 4.78 is 60.7. The van der Waals surface area contributed by atoms with E-state index >= 15 is 0 Å². The zero-order valence-electron chi connectivity index (χ0n) is 15.7. The number of fused-ring (bicyclic) bond motifs is 1. The van der Waals surface area contributed by atoms with Gasteiger partial charge in [-0.1, -0.05) is 18.2 Å². The number of rotatable bonds is 5. The molecule has 10 heteroatoms. The van der Waals surface area contributed by atoms with Crippen LogP contribution in [0.15, 0.2) is 76.3 Å². The number of aromatic nitrogens is 1. The molecular weight excluding hydrogens is 417 g/mol. The molecule has 0 aliphatic heterocycles. The quantitative estimate of drug-likeness (QED) is 0.577. The summed E-state index contributed by atoms with van der Waals surface area (Å²) in [7, 11) is -3.31. The molecule has 0 aliphatic carbocycles. The van der Waals surface area contributed by atoms with Crippen LogP contribution >= 0.6 is 0 Å². The van der Waals surface area contributed by atoms with Crippen LogP contribution in [0.2, 0.25) is 0 Å². The Bertz CT molecular complexity index is 1240. The fourth-order valence-corrected chi connectivity index (χ4v) is 3.18. The first kappa shape index (κ1) is 21.3. The molecule has 0 fully saturated rings. The Labute approximate surface area is 170 Å². The standard InChI is InChI=1S/C20H17F3N4O2S/c1-30(28,29)14-8-6-13(7-9-14)26-19-12-17(15-4-2-3-5-16(15)27-19)25-11-10-18(24)20(21,22)23/h2-12H,24H2,1H3,(H,26,27). The number of benzene rings is 2. The number of anilines is 2. The van der Waals surface area contributed by atoms with Gasteiger partial charge in [-0.05, 0) is 36.4 Å². The van der Waals surface area contributed by atoms with Crippen LogP contribution in [0.25, 0.3) is 10.9 Å². The molecule has 0 aliphatic rings. The molecular formula is C20H17F3N4O2S. The summed E-state index contributed by atoms with van der Waals surface area (Å²) in [5, 5.41) is 3.68. The van der Waals surface area contributed by atoms with Gasteiger partial charge in [0.25, 0.3) is 0 Å². The van der Waals surface area contributed by atoms with E-state index in [9.17, 15) is 21.6 Å². The molecule has 0 spiro atoms. The highest BCUT2D eigenvalue weighted by Gasteiger charge is 2.30. The molecule has 0 saturated heterocycles. The first-order valence-corrected chi connectivity index (χ1v) is 10.5. The first-order valence-electron chi connectivity index (χ1n) is 8.58. The van der Waals surface area contributed by atoms with Crippen molar-refractivity contribution in [2.45, 2.75) is 11.1 Å². The minimum atomic E-state index is -4.63. The molecule has 0 radical (unpaired) electrons. The van der Waals surface area contributed by atoms with Crippen molar-refractivity contribution in [1.82, 2.24) is 4.98 Å². The summed E-state index contributed by atoms with van der Waals surface area (Å²) in [6.07, 6.45) is -1.84. The van der Waals surface area contributed by atoms with Gasteiger partial charge >= 0.3 is 6.18 Å². The van der Waals surface area contributed by atoms with Crippen LogP contribution in [0.1, 0.15) is 0 Å². The van der Waals surface area contributed by atoms with Crippen molar-refractivity contribution in [2.75, 3.05) is 11.6 Å². The number of para-hydroxylation sites is 1. The van der Waals surface area contributed by atoms with Gasteiger partial charge in [0.2, 0.25) is 0 Å². The number of nitrogens with one attached hydrogen (secondary N) is 1. The zero-order chi connectivity index (χ0) is 21.9. The van der Waals surface area contributed by atoms with Gasteiger partial charge in [0.15, 0.2) is 9.84 Å². The Kier molecular flexibility index (Phi) is 5.79. The van der Waals surface area contributed by atoms with Crippen molar-refractivity contribution in [3.63, 3.8) is 0 Å². The SMILES string of the molecule is CS(=O)(=O)c1ccc(Nc2cc(N=CC=C(N)C(F)(F)F)c3ccccc3n2)cc1. The summed E-state index contributed by atoms with van der Waals surface area (Å²) in [4.78, 5) is 8.74. The molecule has 3 rings (SSSR count). The Morgan fingerprint density at radius 1 is 1.13 bits per heavy atom. The summed E-state index contributed by atoms with van der Waals surface area (Å²) in [6, 6.07) is 14.7. The number of alkyl halides is 3. The lowest BCUT2D eigenvalue weighted by atomic mass is 10.2. The lowest BCUT2D eigenvalue weighted by molar-refractivity contribution is -0.0925. The number of pyridine rings is 1. The fourth-order valence-electron chi connectivity index (χ4n) is 2.55. The van der Waals surface area contributed by atoms with E-state index in [2.05, 4.69) is 15.3 Å². The number of allylic oxidation sites excluding steroid dienone is 2. The van der Waals surface area contributed by atoms with E-state index in [1.165, 1.54) is 12.1 Å². The van der Waals surface area contributed by atoms with Crippen LogP contribution in [-0.2, 0) is 9.84 Å². The molecule has 156 valence electrons. The van der Waals surface area contributed by atoms with Crippen molar-refractivity contribution in [1.29, 1.82) is 0 Å². The molecule has 3 N–H and O–H groups in total. The number of nitrogens with zero attached hydrogens (tertiary/aromatic N) is 2. The highest BCUT2D eigenvalue weighted by molar-refractivity contribution is 7.90. The minimum absolute atomic E-state index is 0.179. The molecule has 3 aromatic rings. The second-order valence-corrected chi connectivity index (χ2v) is 8.38. The molecule has 30 heavy (non-hydrogen) atoms. The topological polar surface area (TPSA) is 97.4 Å². The molecule has 0 atom stereocenters. The predicted molar refractivity (Wildman–Crippen MR) is 111 cm³/mol. The molecule has 2 aromatic carbocycles. The average Bonchev–Trinajstić information content (AvgIpc) is 2.67. The smallest absolute Gasteiger partial charge is 0.395 e. The molecule has 1 aromatic heterocycles. The van der Waals surface area contributed by atoms with E-state index in [1.807, 2.05) is 0 Å². The van der Waals surface area contributed by atoms with Crippen molar-refractivity contribution < 1.29 is 21.6 Å². The van der Waals surface area contributed by atoms with Crippen molar-refractivity contribution in [3.05, 3.63) is 66.4 Å². The molecule has 1 heterocycles. The van der Waals surface area contributed by atoms with E-state index < -0.39 is 21.7 Å². The van der Waals surface area contributed by atoms with Crippen LogP contribution in [0.4, 0.5) is 30.4 Å². The highest BCUT2D eigenvalue weighted by atomic mass is 32.2. The largest absolute Gasteiger partial charge is 0.430 e.